The number of rotatable bonds is 3. The van der Waals surface area contributed by atoms with Gasteiger partial charge < -0.3 is 5.32 Å². The third-order valence-electron chi connectivity index (χ3n) is 1.62. The van der Waals surface area contributed by atoms with Crippen LogP contribution in [0, 0.1) is 0 Å². The maximum absolute atomic E-state index is 10.9. The van der Waals surface area contributed by atoms with Crippen LogP contribution in [0.5, 0.6) is 0 Å². The minimum atomic E-state index is -4.10. The number of hydrogen-bond donors (Lipinski definition) is 2. The van der Waals surface area contributed by atoms with E-state index in [-0.39, 0.29) is 4.90 Å². The van der Waals surface area contributed by atoms with Crippen LogP contribution in [0.25, 0.3) is 0 Å². The van der Waals surface area contributed by atoms with Crippen LogP contribution in [0.2, 0.25) is 0 Å². The Morgan fingerprint density at radius 1 is 1.38 bits per heavy atom. The van der Waals surface area contributed by atoms with E-state index in [9.17, 15) is 8.42 Å². The van der Waals surface area contributed by atoms with Crippen LogP contribution in [0.15, 0.2) is 29.2 Å². The lowest BCUT2D eigenvalue weighted by Crippen LogP contribution is -2.10. The largest absolute Gasteiger partial charge is 0.316 e. The lowest BCUT2D eigenvalue weighted by Gasteiger charge is -2.04. The topological polar surface area (TPSA) is 66.4 Å². The van der Waals surface area contributed by atoms with E-state index in [0.29, 0.717) is 12.1 Å². The monoisotopic (exact) mass is 201 g/mol. The molecule has 0 atom stereocenters. The molecule has 2 N–H and O–H groups in total. The molecule has 0 heterocycles. The van der Waals surface area contributed by atoms with Gasteiger partial charge in [0.1, 0.15) is 0 Å². The molecule has 0 saturated carbocycles. The van der Waals surface area contributed by atoms with Crippen molar-refractivity contribution in [3.05, 3.63) is 29.8 Å². The summed E-state index contributed by atoms with van der Waals surface area (Å²) in [5, 5.41) is 2.82. The fourth-order valence-corrected chi connectivity index (χ4v) is 1.81. The Hall–Kier alpha value is -0.910. The molecule has 72 valence electrons. The smallest absolute Gasteiger partial charge is 0.294 e. The van der Waals surface area contributed by atoms with E-state index in [1.165, 1.54) is 6.07 Å². The molecule has 0 aliphatic heterocycles. The van der Waals surface area contributed by atoms with Crippen molar-refractivity contribution >= 4 is 10.1 Å². The van der Waals surface area contributed by atoms with Gasteiger partial charge in [0.05, 0.1) is 4.90 Å². The number of benzene rings is 1. The Labute approximate surface area is 77.3 Å². The molecule has 1 rings (SSSR count). The van der Waals surface area contributed by atoms with E-state index in [2.05, 4.69) is 5.32 Å². The summed E-state index contributed by atoms with van der Waals surface area (Å²) in [7, 11) is -2.39. The van der Waals surface area contributed by atoms with Crippen molar-refractivity contribution in [1.29, 1.82) is 0 Å². The predicted octanol–water partition coefficient (Wildman–Crippen LogP) is 0.653. The summed E-state index contributed by atoms with van der Waals surface area (Å²) in [6, 6.07) is 6.32. The molecule has 0 aliphatic rings. The van der Waals surface area contributed by atoms with Gasteiger partial charge in [-0.2, -0.15) is 8.42 Å². The number of nitrogens with one attached hydrogen (secondary N) is 1. The van der Waals surface area contributed by atoms with Crippen molar-refractivity contribution in [1.82, 2.24) is 5.32 Å². The minimum absolute atomic E-state index is 0.0376. The van der Waals surface area contributed by atoms with Crippen molar-refractivity contribution < 1.29 is 13.0 Å². The third-order valence-corrected chi connectivity index (χ3v) is 2.57. The highest BCUT2D eigenvalue weighted by atomic mass is 32.2. The summed E-state index contributed by atoms with van der Waals surface area (Å²) in [6.45, 7) is 0.413. The summed E-state index contributed by atoms with van der Waals surface area (Å²) >= 11 is 0. The van der Waals surface area contributed by atoms with E-state index < -0.39 is 10.1 Å². The minimum Gasteiger partial charge on any atom is -0.316 e. The summed E-state index contributed by atoms with van der Waals surface area (Å²) < 4.78 is 30.6. The molecule has 0 fully saturated rings. The third kappa shape index (κ3) is 2.51. The summed E-state index contributed by atoms with van der Waals surface area (Å²) in [5.41, 5.74) is 0.563. The Kier molecular flexibility index (Phi) is 3.02. The molecule has 0 saturated heterocycles. The van der Waals surface area contributed by atoms with Crippen LogP contribution >= 0.6 is 0 Å². The molecule has 4 nitrogen and oxygen atoms in total. The van der Waals surface area contributed by atoms with E-state index in [0.717, 1.165) is 0 Å². The molecule has 1 aromatic carbocycles. The van der Waals surface area contributed by atoms with Crippen LogP contribution in [-0.4, -0.2) is 20.0 Å². The van der Waals surface area contributed by atoms with Gasteiger partial charge in [0.15, 0.2) is 0 Å². The fraction of sp³-hybridized carbons (Fsp3) is 0.250. The molecule has 0 spiro atoms. The summed E-state index contributed by atoms with van der Waals surface area (Å²) in [5.74, 6) is 0. The average Bonchev–Trinajstić information content (AvgIpc) is 2.04. The second kappa shape index (κ2) is 3.87. The highest BCUT2D eigenvalue weighted by Crippen LogP contribution is 2.14. The second-order valence-corrected chi connectivity index (χ2v) is 4.00. The molecule has 0 aromatic heterocycles. The molecule has 0 bridgehead atoms. The van der Waals surface area contributed by atoms with Crippen molar-refractivity contribution in [2.75, 3.05) is 7.05 Å². The van der Waals surface area contributed by atoms with Gasteiger partial charge >= 0.3 is 0 Å². The van der Waals surface area contributed by atoms with Crippen LogP contribution in [0.1, 0.15) is 5.56 Å². The van der Waals surface area contributed by atoms with Crippen LogP contribution in [0.4, 0.5) is 0 Å². The lowest BCUT2D eigenvalue weighted by molar-refractivity contribution is 0.481. The van der Waals surface area contributed by atoms with Gasteiger partial charge in [0.25, 0.3) is 10.1 Å². The van der Waals surface area contributed by atoms with Gasteiger partial charge in [0.2, 0.25) is 0 Å². The first-order chi connectivity index (χ1) is 6.05. The zero-order valence-electron chi connectivity index (χ0n) is 7.19. The predicted molar refractivity (Wildman–Crippen MR) is 49.0 cm³/mol. The van der Waals surface area contributed by atoms with Crippen LogP contribution in [0.3, 0.4) is 0 Å². The van der Waals surface area contributed by atoms with Crippen molar-refractivity contribution in [2.45, 2.75) is 11.4 Å². The first kappa shape index (κ1) is 10.2. The standard InChI is InChI=1S/C8H11NO3S/c1-9-6-7-4-2-3-5-8(7)13(10,11)12/h2-5,9H,6H2,1H3,(H,10,11,12). The Morgan fingerprint density at radius 2 is 2.00 bits per heavy atom. The van der Waals surface area contributed by atoms with Crippen LogP contribution < -0.4 is 5.32 Å². The average molecular weight is 201 g/mol. The molecule has 0 amide bonds. The van der Waals surface area contributed by atoms with Gasteiger partial charge in [-0.15, -0.1) is 0 Å². The zero-order valence-corrected chi connectivity index (χ0v) is 8.00. The molecule has 1 aromatic rings. The van der Waals surface area contributed by atoms with Crippen molar-refractivity contribution in [3.8, 4) is 0 Å². The summed E-state index contributed by atoms with van der Waals surface area (Å²) in [6.07, 6.45) is 0. The SMILES string of the molecule is CNCc1ccccc1S(=O)(=O)O. The highest BCUT2D eigenvalue weighted by molar-refractivity contribution is 7.85. The van der Waals surface area contributed by atoms with E-state index >= 15 is 0 Å². The van der Waals surface area contributed by atoms with Crippen molar-refractivity contribution in [3.63, 3.8) is 0 Å². The van der Waals surface area contributed by atoms with Gasteiger partial charge in [-0.25, -0.2) is 0 Å². The first-order valence-electron chi connectivity index (χ1n) is 3.75. The molecule has 5 heteroatoms. The maximum atomic E-state index is 10.9. The highest BCUT2D eigenvalue weighted by Gasteiger charge is 2.13. The maximum Gasteiger partial charge on any atom is 0.294 e. The molecule has 0 aliphatic carbocycles. The van der Waals surface area contributed by atoms with Gasteiger partial charge in [-0.3, -0.25) is 4.55 Å². The molecule has 13 heavy (non-hydrogen) atoms. The van der Waals surface area contributed by atoms with E-state index in [1.54, 1.807) is 25.2 Å². The quantitative estimate of drug-likeness (QED) is 0.705. The first-order valence-corrected chi connectivity index (χ1v) is 5.19. The molecule has 0 radical (unpaired) electrons. The molecular weight excluding hydrogens is 190 g/mol. The lowest BCUT2D eigenvalue weighted by atomic mass is 10.2. The Bertz CT molecular complexity index is 386. The van der Waals surface area contributed by atoms with Gasteiger partial charge in [-0.1, -0.05) is 18.2 Å². The van der Waals surface area contributed by atoms with Crippen LogP contribution in [-0.2, 0) is 16.7 Å². The normalized spacial score (nSPS) is 11.5. The van der Waals surface area contributed by atoms with E-state index in [1.807, 2.05) is 0 Å². The fourth-order valence-electron chi connectivity index (χ4n) is 1.09. The Morgan fingerprint density at radius 3 is 2.54 bits per heavy atom. The van der Waals surface area contributed by atoms with Gasteiger partial charge in [0, 0.05) is 6.54 Å². The zero-order chi connectivity index (χ0) is 9.90. The number of hydrogen-bond acceptors (Lipinski definition) is 3. The molecule has 0 unspecified atom stereocenters. The van der Waals surface area contributed by atoms with E-state index in [4.69, 9.17) is 4.55 Å². The Balaban J connectivity index is 3.20. The van der Waals surface area contributed by atoms with Gasteiger partial charge in [-0.05, 0) is 18.7 Å². The van der Waals surface area contributed by atoms with Crippen molar-refractivity contribution in [2.24, 2.45) is 0 Å². The second-order valence-electron chi connectivity index (χ2n) is 2.61. The molecular formula is C8H11NO3S. The summed E-state index contributed by atoms with van der Waals surface area (Å²) in [4.78, 5) is -0.0376.